The van der Waals surface area contributed by atoms with Gasteiger partial charge in [-0.05, 0) is 32.0 Å². The van der Waals surface area contributed by atoms with Crippen LogP contribution in [0.15, 0.2) is 34.9 Å². The second-order valence-electron chi connectivity index (χ2n) is 4.90. The number of rotatable bonds is 3. The van der Waals surface area contributed by atoms with E-state index in [4.69, 9.17) is 27.6 Å². The van der Waals surface area contributed by atoms with Crippen LogP contribution < -0.4 is 0 Å². The number of hydrogen-bond donors (Lipinski definition) is 0. The van der Waals surface area contributed by atoms with Gasteiger partial charge in [-0.3, -0.25) is 0 Å². The van der Waals surface area contributed by atoms with Gasteiger partial charge in [-0.25, -0.2) is 9.37 Å². The number of aromatic nitrogens is 2. The van der Waals surface area contributed by atoms with E-state index in [1.54, 1.807) is 6.26 Å². The van der Waals surface area contributed by atoms with Gasteiger partial charge >= 0.3 is 0 Å². The van der Waals surface area contributed by atoms with Crippen LogP contribution in [-0.2, 0) is 0 Å². The van der Waals surface area contributed by atoms with Crippen LogP contribution in [0.4, 0.5) is 4.39 Å². The molecule has 0 aliphatic heterocycles. The smallest absolute Gasteiger partial charge is 0.144 e. The molecular weight excluding hydrogens is 314 g/mol. The fourth-order valence-corrected chi connectivity index (χ4v) is 2.76. The number of hydrogen-bond acceptors (Lipinski definition) is 2. The van der Waals surface area contributed by atoms with Crippen molar-refractivity contribution >= 4 is 34.2 Å². The summed E-state index contributed by atoms with van der Waals surface area (Å²) in [6, 6.07) is 6.42. The zero-order valence-corrected chi connectivity index (χ0v) is 13.0. The van der Waals surface area contributed by atoms with Crippen molar-refractivity contribution in [2.45, 2.75) is 25.3 Å². The first-order valence-corrected chi connectivity index (χ1v) is 7.35. The lowest BCUT2D eigenvalue weighted by atomic mass is 10.2. The first kappa shape index (κ1) is 14.4. The fourth-order valence-electron chi connectivity index (χ4n) is 2.45. The van der Waals surface area contributed by atoms with Crippen molar-refractivity contribution in [3.8, 4) is 0 Å². The highest BCUT2D eigenvalue weighted by atomic mass is 35.5. The largest absolute Gasteiger partial charge is 0.467 e. The number of imidazole rings is 1. The van der Waals surface area contributed by atoms with Crippen molar-refractivity contribution in [1.82, 2.24) is 9.55 Å². The molecule has 21 heavy (non-hydrogen) atoms. The van der Waals surface area contributed by atoms with Gasteiger partial charge in [0, 0.05) is 6.07 Å². The van der Waals surface area contributed by atoms with Crippen LogP contribution in [0.3, 0.4) is 0 Å². The van der Waals surface area contributed by atoms with Gasteiger partial charge in [0.1, 0.15) is 17.4 Å². The minimum Gasteiger partial charge on any atom is -0.467 e. The maximum absolute atomic E-state index is 13.8. The molecule has 0 fully saturated rings. The van der Waals surface area contributed by atoms with Gasteiger partial charge in [0.15, 0.2) is 0 Å². The molecule has 0 N–H and O–H groups in total. The summed E-state index contributed by atoms with van der Waals surface area (Å²) in [6.07, 6.45) is 1.60. The van der Waals surface area contributed by atoms with Gasteiger partial charge in [-0.1, -0.05) is 11.6 Å². The standard InChI is InChI=1S/C15H13Cl2FN2O/c1-8(16)15-19-12-6-10(17)11(18)7-13(12)20(15)9(2)14-4-3-5-21-14/h3-9H,1-2H3. The Morgan fingerprint density at radius 2 is 2.10 bits per heavy atom. The monoisotopic (exact) mass is 326 g/mol. The normalized spacial score (nSPS) is 14.5. The summed E-state index contributed by atoms with van der Waals surface area (Å²) in [7, 11) is 0. The van der Waals surface area contributed by atoms with E-state index in [0.29, 0.717) is 16.9 Å². The molecule has 0 aliphatic rings. The van der Waals surface area contributed by atoms with E-state index in [-0.39, 0.29) is 16.4 Å². The Labute approximate surface area is 131 Å². The van der Waals surface area contributed by atoms with Crippen LogP contribution in [0.5, 0.6) is 0 Å². The average Bonchev–Trinajstić information content (AvgIpc) is 3.06. The summed E-state index contributed by atoms with van der Waals surface area (Å²) in [6.45, 7) is 3.78. The third-order valence-corrected chi connectivity index (χ3v) is 3.94. The number of nitrogens with zero attached hydrogens (tertiary/aromatic N) is 2. The minimum absolute atomic E-state index is 0.0478. The van der Waals surface area contributed by atoms with Crippen molar-refractivity contribution in [3.05, 3.63) is 53.0 Å². The summed E-state index contributed by atoms with van der Waals surface area (Å²) in [5.74, 6) is 0.922. The molecular formula is C15H13Cl2FN2O. The van der Waals surface area contributed by atoms with Crippen LogP contribution in [0.1, 0.15) is 36.9 Å². The van der Waals surface area contributed by atoms with Gasteiger partial charge in [0.25, 0.3) is 0 Å². The lowest BCUT2D eigenvalue weighted by molar-refractivity contribution is 0.444. The van der Waals surface area contributed by atoms with E-state index in [1.165, 1.54) is 12.1 Å². The van der Waals surface area contributed by atoms with Gasteiger partial charge in [-0.15, -0.1) is 11.6 Å². The highest BCUT2D eigenvalue weighted by molar-refractivity contribution is 6.31. The lowest BCUT2D eigenvalue weighted by Gasteiger charge is -2.16. The molecule has 110 valence electrons. The van der Waals surface area contributed by atoms with Crippen LogP contribution in [0, 0.1) is 5.82 Å². The van der Waals surface area contributed by atoms with Crippen molar-refractivity contribution in [3.63, 3.8) is 0 Å². The summed E-state index contributed by atoms with van der Waals surface area (Å²) >= 11 is 12.1. The van der Waals surface area contributed by atoms with Gasteiger partial charge in [0.2, 0.25) is 0 Å². The molecule has 2 unspecified atom stereocenters. The van der Waals surface area contributed by atoms with Crippen molar-refractivity contribution in [2.75, 3.05) is 0 Å². The Morgan fingerprint density at radius 3 is 2.71 bits per heavy atom. The maximum atomic E-state index is 13.8. The molecule has 2 heterocycles. The van der Waals surface area contributed by atoms with Crippen LogP contribution >= 0.6 is 23.2 Å². The third kappa shape index (κ3) is 2.43. The van der Waals surface area contributed by atoms with E-state index in [2.05, 4.69) is 4.98 Å². The van der Waals surface area contributed by atoms with Gasteiger partial charge in [-0.2, -0.15) is 0 Å². The molecule has 0 bridgehead atoms. The SMILES string of the molecule is CC(Cl)c1nc2cc(Cl)c(F)cc2n1C(C)c1ccco1. The molecule has 3 aromatic rings. The molecule has 6 heteroatoms. The third-order valence-electron chi connectivity index (χ3n) is 3.46. The van der Waals surface area contributed by atoms with Gasteiger partial charge in [0.05, 0.1) is 33.7 Å². The van der Waals surface area contributed by atoms with Crippen molar-refractivity contribution in [2.24, 2.45) is 0 Å². The Balaban J connectivity index is 2.27. The summed E-state index contributed by atoms with van der Waals surface area (Å²) < 4.78 is 21.1. The lowest BCUT2D eigenvalue weighted by Crippen LogP contribution is -2.10. The van der Waals surface area contributed by atoms with E-state index in [1.807, 2.05) is 30.5 Å². The molecule has 0 radical (unpaired) electrons. The number of benzene rings is 1. The minimum atomic E-state index is -0.481. The Hall–Kier alpha value is -1.52. The molecule has 0 spiro atoms. The highest BCUT2D eigenvalue weighted by Gasteiger charge is 2.22. The van der Waals surface area contributed by atoms with E-state index < -0.39 is 5.82 Å². The molecule has 0 saturated carbocycles. The zero-order valence-electron chi connectivity index (χ0n) is 11.5. The second kappa shape index (κ2) is 5.35. The van der Waals surface area contributed by atoms with Crippen molar-refractivity contribution in [1.29, 1.82) is 0 Å². The molecule has 2 atom stereocenters. The number of alkyl halides is 1. The molecule has 2 aromatic heterocycles. The van der Waals surface area contributed by atoms with Crippen molar-refractivity contribution < 1.29 is 8.81 Å². The summed E-state index contributed by atoms with van der Waals surface area (Å²) in [5, 5.41) is -0.275. The summed E-state index contributed by atoms with van der Waals surface area (Å²) in [4.78, 5) is 4.48. The Morgan fingerprint density at radius 1 is 1.33 bits per heavy atom. The van der Waals surface area contributed by atoms with E-state index >= 15 is 0 Å². The number of fused-ring (bicyclic) bond motifs is 1. The molecule has 0 saturated heterocycles. The van der Waals surface area contributed by atoms with E-state index in [0.717, 1.165) is 5.76 Å². The first-order chi connectivity index (χ1) is 9.99. The van der Waals surface area contributed by atoms with Crippen LogP contribution in [0.2, 0.25) is 5.02 Å². The second-order valence-corrected chi connectivity index (χ2v) is 5.96. The summed E-state index contributed by atoms with van der Waals surface area (Å²) in [5.41, 5.74) is 1.26. The van der Waals surface area contributed by atoms with Gasteiger partial charge < -0.3 is 8.98 Å². The maximum Gasteiger partial charge on any atom is 0.144 e. The Bertz CT molecular complexity index is 781. The Kier molecular flexibility index (Phi) is 3.68. The van der Waals surface area contributed by atoms with E-state index in [9.17, 15) is 4.39 Å². The average molecular weight is 327 g/mol. The predicted molar refractivity (Wildman–Crippen MR) is 81.5 cm³/mol. The number of furan rings is 1. The fraction of sp³-hybridized carbons (Fsp3) is 0.267. The van der Waals surface area contributed by atoms with Crippen LogP contribution in [0.25, 0.3) is 11.0 Å². The molecule has 1 aromatic carbocycles. The molecule has 3 rings (SSSR count). The van der Waals surface area contributed by atoms with Crippen LogP contribution in [-0.4, -0.2) is 9.55 Å². The topological polar surface area (TPSA) is 31.0 Å². The highest BCUT2D eigenvalue weighted by Crippen LogP contribution is 2.33. The molecule has 0 aliphatic carbocycles. The zero-order chi connectivity index (χ0) is 15.1. The predicted octanol–water partition coefficient (Wildman–Crippen LogP) is 5.33. The first-order valence-electron chi connectivity index (χ1n) is 6.53. The number of halogens is 3. The molecule has 3 nitrogen and oxygen atoms in total. The molecule has 0 amide bonds. The quantitative estimate of drug-likeness (QED) is 0.609.